The van der Waals surface area contributed by atoms with Gasteiger partial charge in [-0.3, -0.25) is 9.97 Å². The third-order valence-corrected chi connectivity index (χ3v) is 2.68. The van der Waals surface area contributed by atoms with Crippen LogP contribution in [0, 0.1) is 0 Å². The van der Waals surface area contributed by atoms with Gasteiger partial charge >= 0.3 is 0 Å². The highest BCUT2D eigenvalue weighted by Crippen LogP contribution is 2.15. The summed E-state index contributed by atoms with van der Waals surface area (Å²) in [4.78, 5) is 8.53. The van der Waals surface area contributed by atoms with E-state index < -0.39 is 0 Å². The predicted octanol–water partition coefficient (Wildman–Crippen LogP) is 0.930. The SMILES string of the molecule is CNCc1cnnn1-c1ccc2nccnc2c1. The predicted molar refractivity (Wildman–Crippen MR) is 67.2 cm³/mol. The summed E-state index contributed by atoms with van der Waals surface area (Å²) in [5.41, 5.74) is 3.66. The summed E-state index contributed by atoms with van der Waals surface area (Å²) in [6.07, 6.45) is 5.11. The smallest absolute Gasteiger partial charge is 0.0908 e. The van der Waals surface area contributed by atoms with Crippen LogP contribution in [0.2, 0.25) is 0 Å². The summed E-state index contributed by atoms with van der Waals surface area (Å²) in [5.74, 6) is 0. The topological polar surface area (TPSA) is 68.5 Å². The Morgan fingerprint density at radius 1 is 1.17 bits per heavy atom. The fourth-order valence-corrected chi connectivity index (χ4v) is 1.86. The molecule has 0 atom stereocenters. The fourth-order valence-electron chi connectivity index (χ4n) is 1.86. The van der Waals surface area contributed by atoms with Crippen LogP contribution >= 0.6 is 0 Å². The van der Waals surface area contributed by atoms with Gasteiger partial charge in [0.2, 0.25) is 0 Å². The Bertz CT molecular complexity index is 675. The second kappa shape index (κ2) is 4.50. The van der Waals surface area contributed by atoms with Crippen LogP contribution in [-0.4, -0.2) is 32.0 Å². The Morgan fingerprint density at radius 2 is 2.00 bits per heavy atom. The first-order valence-corrected chi connectivity index (χ1v) is 5.64. The molecule has 0 radical (unpaired) electrons. The molecule has 3 aromatic rings. The van der Waals surface area contributed by atoms with E-state index in [2.05, 4.69) is 25.6 Å². The second-order valence-electron chi connectivity index (χ2n) is 3.90. The third kappa shape index (κ3) is 1.82. The van der Waals surface area contributed by atoms with E-state index in [0.29, 0.717) is 6.54 Å². The molecule has 0 bridgehead atoms. The standard InChI is InChI=1S/C12H12N6/c1-13-7-10-8-16-17-18(10)9-2-3-11-12(6-9)15-5-4-14-11/h2-6,8,13H,7H2,1H3. The molecule has 2 heterocycles. The first kappa shape index (κ1) is 10.8. The lowest BCUT2D eigenvalue weighted by atomic mass is 10.2. The molecule has 90 valence electrons. The first-order chi connectivity index (χ1) is 8.88. The molecule has 2 aromatic heterocycles. The van der Waals surface area contributed by atoms with E-state index in [1.165, 1.54) is 0 Å². The molecule has 0 spiro atoms. The number of benzene rings is 1. The van der Waals surface area contributed by atoms with Crippen LogP contribution in [0.1, 0.15) is 5.69 Å². The van der Waals surface area contributed by atoms with E-state index >= 15 is 0 Å². The van der Waals surface area contributed by atoms with Crippen molar-refractivity contribution in [3.63, 3.8) is 0 Å². The summed E-state index contributed by atoms with van der Waals surface area (Å²) in [6.45, 7) is 0.714. The average molecular weight is 240 g/mol. The largest absolute Gasteiger partial charge is 0.314 e. The van der Waals surface area contributed by atoms with Gasteiger partial charge in [-0.1, -0.05) is 5.21 Å². The van der Waals surface area contributed by atoms with Crippen molar-refractivity contribution in [3.8, 4) is 5.69 Å². The van der Waals surface area contributed by atoms with Gasteiger partial charge in [-0.15, -0.1) is 5.10 Å². The Balaban J connectivity index is 2.10. The number of nitrogens with one attached hydrogen (secondary N) is 1. The maximum absolute atomic E-state index is 4.29. The molecule has 0 aliphatic heterocycles. The average Bonchev–Trinajstić information content (AvgIpc) is 2.87. The summed E-state index contributed by atoms with van der Waals surface area (Å²) in [5, 5.41) is 11.1. The minimum absolute atomic E-state index is 0.714. The summed E-state index contributed by atoms with van der Waals surface area (Å²) in [6, 6.07) is 5.85. The van der Waals surface area contributed by atoms with Crippen LogP contribution in [0.4, 0.5) is 0 Å². The van der Waals surface area contributed by atoms with E-state index in [1.54, 1.807) is 23.3 Å². The molecular formula is C12H12N6. The molecule has 6 nitrogen and oxygen atoms in total. The second-order valence-corrected chi connectivity index (χ2v) is 3.90. The van der Waals surface area contributed by atoms with Crippen LogP contribution in [-0.2, 0) is 6.54 Å². The van der Waals surface area contributed by atoms with Gasteiger partial charge in [-0.05, 0) is 25.2 Å². The van der Waals surface area contributed by atoms with Crippen LogP contribution in [0.25, 0.3) is 16.7 Å². The molecule has 0 saturated heterocycles. The van der Waals surface area contributed by atoms with E-state index in [4.69, 9.17) is 0 Å². The van der Waals surface area contributed by atoms with Crippen molar-refractivity contribution in [1.82, 2.24) is 30.3 Å². The molecule has 0 amide bonds. The zero-order valence-electron chi connectivity index (χ0n) is 9.91. The van der Waals surface area contributed by atoms with Gasteiger partial charge in [-0.2, -0.15) is 0 Å². The lowest BCUT2D eigenvalue weighted by Crippen LogP contribution is -2.11. The van der Waals surface area contributed by atoms with Crippen LogP contribution in [0.5, 0.6) is 0 Å². The van der Waals surface area contributed by atoms with Gasteiger partial charge in [0.15, 0.2) is 0 Å². The van der Waals surface area contributed by atoms with Crippen molar-refractivity contribution in [2.75, 3.05) is 7.05 Å². The molecule has 1 N–H and O–H groups in total. The highest BCUT2D eigenvalue weighted by molar-refractivity contribution is 5.76. The molecule has 0 aliphatic rings. The van der Waals surface area contributed by atoms with E-state index in [9.17, 15) is 0 Å². The molecule has 0 aliphatic carbocycles. The van der Waals surface area contributed by atoms with Crippen LogP contribution in [0.15, 0.2) is 36.8 Å². The molecule has 0 unspecified atom stereocenters. The van der Waals surface area contributed by atoms with Crippen LogP contribution < -0.4 is 5.32 Å². The van der Waals surface area contributed by atoms with Crippen molar-refractivity contribution < 1.29 is 0 Å². The normalized spacial score (nSPS) is 10.9. The third-order valence-electron chi connectivity index (χ3n) is 2.68. The maximum Gasteiger partial charge on any atom is 0.0908 e. The Labute approximate surface area is 104 Å². The van der Waals surface area contributed by atoms with E-state index in [1.807, 2.05) is 25.2 Å². The van der Waals surface area contributed by atoms with Gasteiger partial charge < -0.3 is 5.32 Å². The monoisotopic (exact) mass is 240 g/mol. The van der Waals surface area contributed by atoms with Crippen molar-refractivity contribution in [2.24, 2.45) is 0 Å². The van der Waals surface area contributed by atoms with Crippen molar-refractivity contribution in [3.05, 3.63) is 42.5 Å². The number of hydrogen-bond acceptors (Lipinski definition) is 5. The number of hydrogen-bond donors (Lipinski definition) is 1. The van der Waals surface area contributed by atoms with E-state index in [0.717, 1.165) is 22.4 Å². The van der Waals surface area contributed by atoms with Crippen molar-refractivity contribution in [2.45, 2.75) is 6.54 Å². The summed E-state index contributed by atoms with van der Waals surface area (Å²) in [7, 11) is 1.89. The molecule has 0 fully saturated rings. The molecule has 0 saturated carbocycles. The van der Waals surface area contributed by atoms with Gasteiger partial charge in [0.05, 0.1) is 28.6 Å². The number of nitrogens with zero attached hydrogens (tertiary/aromatic N) is 5. The van der Waals surface area contributed by atoms with Gasteiger partial charge in [0.25, 0.3) is 0 Å². The zero-order valence-corrected chi connectivity index (χ0v) is 9.91. The quantitative estimate of drug-likeness (QED) is 0.737. The summed E-state index contributed by atoms with van der Waals surface area (Å²) >= 11 is 0. The molecular weight excluding hydrogens is 228 g/mol. The minimum atomic E-state index is 0.714. The summed E-state index contributed by atoms with van der Waals surface area (Å²) < 4.78 is 1.80. The van der Waals surface area contributed by atoms with E-state index in [-0.39, 0.29) is 0 Å². The number of rotatable bonds is 3. The minimum Gasteiger partial charge on any atom is -0.314 e. The molecule has 3 rings (SSSR count). The zero-order chi connectivity index (χ0) is 12.4. The van der Waals surface area contributed by atoms with Gasteiger partial charge in [0.1, 0.15) is 0 Å². The lowest BCUT2D eigenvalue weighted by molar-refractivity contribution is 0.714. The van der Waals surface area contributed by atoms with Gasteiger partial charge in [-0.25, -0.2) is 4.68 Å². The van der Waals surface area contributed by atoms with Crippen molar-refractivity contribution in [1.29, 1.82) is 0 Å². The first-order valence-electron chi connectivity index (χ1n) is 5.64. The van der Waals surface area contributed by atoms with Crippen molar-refractivity contribution >= 4 is 11.0 Å². The Morgan fingerprint density at radius 3 is 2.83 bits per heavy atom. The highest BCUT2D eigenvalue weighted by atomic mass is 15.4. The Kier molecular flexibility index (Phi) is 2.70. The lowest BCUT2D eigenvalue weighted by Gasteiger charge is -2.06. The Hall–Kier alpha value is -2.34. The maximum atomic E-state index is 4.29. The molecule has 6 heteroatoms. The highest BCUT2D eigenvalue weighted by Gasteiger charge is 2.06. The van der Waals surface area contributed by atoms with Crippen LogP contribution in [0.3, 0.4) is 0 Å². The number of aromatic nitrogens is 5. The molecule has 18 heavy (non-hydrogen) atoms. The molecule has 1 aromatic carbocycles. The van der Waals surface area contributed by atoms with Gasteiger partial charge in [0, 0.05) is 18.9 Å². The number of fused-ring (bicyclic) bond motifs is 1. The fraction of sp³-hybridized carbons (Fsp3) is 0.167.